The molecule has 178 valence electrons. The molecule has 0 bridgehead atoms. The molecular formula is C28H31NO5. The Kier molecular flexibility index (Phi) is 9.52. The normalized spacial score (nSPS) is 12.1. The first-order valence-electron chi connectivity index (χ1n) is 11.4. The molecule has 0 aliphatic carbocycles. The summed E-state index contributed by atoms with van der Waals surface area (Å²) in [4.78, 5) is 16.1. The highest BCUT2D eigenvalue weighted by Crippen LogP contribution is 2.27. The Bertz CT molecular complexity index is 1050. The van der Waals surface area contributed by atoms with Crippen LogP contribution in [0, 0.1) is 0 Å². The largest absolute Gasteiger partial charge is 0.489 e. The maximum atomic E-state index is 11.1. The average Bonchev–Trinajstić information content (AvgIpc) is 2.86. The van der Waals surface area contributed by atoms with Crippen LogP contribution in [-0.4, -0.2) is 30.5 Å². The molecule has 1 N–H and O–H groups in total. The predicted molar refractivity (Wildman–Crippen MR) is 133 cm³/mol. The Morgan fingerprint density at radius 3 is 2.18 bits per heavy atom. The summed E-state index contributed by atoms with van der Waals surface area (Å²) in [6.45, 7) is 2.78. The lowest BCUT2D eigenvalue weighted by molar-refractivity contribution is -0.137. The van der Waals surface area contributed by atoms with Gasteiger partial charge in [-0.3, -0.25) is 4.79 Å². The molecule has 3 aromatic rings. The van der Waals surface area contributed by atoms with E-state index in [1.807, 2.05) is 78.9 Å². The van der Waals surface area contributed by atoms with Crippen molar-refractivity contribution in [2.75, 3.05) is 13.7 Å². The predicted octanol–water partition coefficient (Wildman–Crippen LogP) is 6.05. The van der Waals surface area contributed by atoms with Gasteiger partial charge in [0.1, 0.15) is 37.5 Å². The molecule has 0 amide bonds. The first-order valence-corrected chi connectivity index (χ1v) is 11.4. The van der Waals surface area contributed by atoms with Gasteiger partial charge in [-0.2, -0.15) is 0 Å². The van der Waals surface area contributed by atoms with Crippen molar-refractivity contribution in [1.82, 2.24) is 0 Å². The third-order valence-electron chi connectivity index (χ3n) is 5.42. The molecule has 3 rings (SSSR count). The minimum atomic E-state index is -0.770. The van der Waals surface area contributed by atoms with Crippen LogP contribution in [0.4, 0.5) is 0 Å². The SMILES string of the molecule is CCCC(CC(=O)O)c1ccc(OCc2ccc(OCC(=NOC)c3ccccc3)cc2)cc1. The summed E-state index contributed by atoms with van der Waals surface area (Å²) < 4.78 is 11.8. The Hall–Kier alpha value is -3.80. The molecule has 1 atom stereocenters. The summed E-state index contributed by atoms with van der Waals surface area (Å²) in [6.07, 6.45) is 1.94. The number of oxime groups is 1. The lowest BCUT2D eigenvalue weighted by Crippen LogP contribution is -2.13. The summed E-state index contributed by atoms with van der Waals surface area (Å²) in [7, 11) is 1.52. The monoisotopic (exact) mass is 461 g/mol. The molecule has 6 heteroatoms. The fraction of sp³-hybridized carbons (Fsp3) is 0.286. The second-order valence-corrected chi connectivity index (χ2v) is 7.96. The Labute approximate surface area is 200 Å². The summed E-state index contributed by atoms with van der Waals surface area (Å²) in [5.41, 5.74) is 3.71. The number of benzene rings is 3. The smallest absolute Gasteiger partial charge is 0.303 e. The molecule has 0 radical (unpaired) electrons. The number of nitrogens with zero attached hydrogens (tertiary/aromatic N) is 1. The zero-order chi connectivity index (χ0) is 24.2. The second-order valence-electron chi connectivity index (χ2n) is 7.96. The van der Waals surface area contributed by atoms with Crippen molar-refractivity contribution < 1.29 is 24.2 Å². The van der Waals surface area contributed by atoms with Crippen LogP contribution >= 0.6 is 0 Å². The number of rotatable bonds is 13. The van der Waals surface area contributed by atoms with Crippen LogP contribution in [0.15, 0.2) is 84.0 Å². The highest BCUT2D eigenvalue weighted by molar-refractivity contribution is 6.01. The van der Waals surface area contributed by atoms with Gasteiger partial charge in [0.15, 0.2) is 0 Å². The van der Waals surface area contributed by atoms with Crippen LogP contribution in [0.2, 0.25) is 0 Å². The van der Waals surface area contributed by atoms with E-state index in [9.17, 15) is 4.79 Å². The van der Waals surface area contributed by atoms with Crippen molar-refractivity contribution in [2.24, 2.45) is 5.16 Å². The van der Waals surface area contributed by atoms with Gasteiger partial charge in [-0.05, 0) is 47.7 Å². The minimum Gasteiger partial charge on any atom is -0.489 e. The van der Waals surface area contributed by atoms with Gasteiger partial charge in [0, 0.05) is 5.56 Å². The number of aliphatic carboxylic acids is 1. The molecule has 6 nitrogen and oxygen atoms in total. The number of hydrogen-bond acceptors (Lipinski definition) is 5. The van der Waals surface area contributed by atoms with Gasteiger partial charge >= 0.3 is 5.97 Å². The standard InChI is InChI=1S/C28H31NO5/c1-3-7-24(18-28(30)31)22-12-16-26(17-13-22)33-19-21-10-14-25(15-11-21)34-20-27(29-32-2)23-8-5-4-6-9-23/h4-6,8-17,24H,3,7,18-20H2,1-2H3,(H,30,31). The van der Waals surface area contributed by atoms with E-state index in [1.54, 1.807) is 0 Å². The van der Waals surface area contributed by atoms with Crippen molar-refractivity contribution in [3.63, 3.8) is 0 Å². The molecule has 0 heterocycles. The molecular weight excluding hydrogens is 430 g/mol. The van der Waals surface area contributed by atoms with E-state index in [2.05, 4.69) is 12.1 Å². The van der Waals surface area contributed by atoms with Crippen LogP contribution in [-0.2, 0) is 16.2 Å². The summed E-state index contributed by atoms with van der Waals surface area (Å²) in [6, 6.07) is 25.2. The lowest BCUT2D eigenvalue weighted by atomic mass is 9.91. The fourth-order valence-electron chi connectivity index (χ4n) is 3.69. The van der Waals surface area contributed by atoms with Crippen molar-refractivity contribution in [1.29, 1.82) is 0 Å². The lowest BCUT2D eigenvalue weighted by Gasteiger charge is -2.15. The van der Waals surface area contributed by atoms with Crippen molar-refractivity contribution in [3.8, 4) is 11.5 Å². The Balaban J connectivity index is 1.52. The summed E-state index contributed by atoms with van der Waals surface area (Å²) in [5, 5.41) is 13.2. The summed E-state index contributed by atoms with van der Waals surface area (Å²) in [5.74, 6) is 0.736. The minimum absolute atomic E-state index is 0.0282. The van der Waals surface area contributed by atoms with E-state index in [0.29, 0.717) is 18.9 Å². The quantitative estimate of drug-likeness (QED) is 0.248. The molecule has 0 spiro atoms. The molecule has 3 aromatic carbocycles. The van der Waals surface area contributed by atoms with Gasteiger partial charge in [0.2, 0.25) is 0 Å². The Morgan fingerprint density at radius 2 is 1.56 bits per heavy atom. The maximum Gasteiger partial charge on any atom is 0.303 e. The van der Waals surface area contributed by atoms with Crippen molar-refractivity contribution >= 4 is 11.7 Å². The fourth-order valence-corrected chi connectivity index (χ4v) is 3.69. The molecule has 0 fully saturated rings. The first-order chi connectivity index (χ1) is 16.6. The third-order valence-corrected chi connectivity index (χ3v) is 5.42. The molecule has 0 aliphatic heterocycles. The van der Waals surface area contributed by atoms with E-state index in [4.69, 9.17) is 19.4 Å². The zero-order valence-electron chi connectivity index (χ0n) is 19.6. The molecule has 1 unspecified atom stereocenters. The molecule has 0 saturated carbocycles. The van der Waals surface area contributed by atoms with E-state index in [1.165, 1.54) is 7.11 Å². The van der Waals surface area contributed by atoms with E-state index < -0.39 is 5.97 Å². The van der Waals surface area contributed by atoms with Gasteiger partial charge in [-0.25, -0.2) is 0 Å². The van der Waals surface area contributed by atoms with Crippen molar-refractivity contribution in [3.05, 3.63) is 95.6 Å². The number of carboxylic acid groups (broad SMARTS) is 1. The third kappa shape index (κ3) is 7.66. The topological polar surface area (TPSA) is 77.4 Å². The van der Waals surface area contributed by atoms with Gasteiger partial charge in [-0.1, -0.05) is 73.1 Å². The first kappa shape index (κ1) is 24.8. The van der Waals surface area contributed by atoms with Crippen LogP contribution in [0.5, 0.6) is 11.5 Å². The summed E-state index contributed by atoms with van der Waals surface area (Å²) >= 11 is 0. The van der Waals surface area contributed by atoms with Crippen molar-refractivity contribution in [2.45, 2.75) is 38.7 Å². The second kappa shape index (κ2) is 13.0. The molecule has 34 heavy (non-hydrogen) atoms. The Morgan fingerprint density at radius 1 is 0.912 bits per heavy atom. The maximum absolute atomic E-state index is 11.1. The van der Waals surface area contributed by atoms with Crippen LogP contribution in [0.3, 0.4) is 0 Å². The number of carboxylic acids is 1. The van der Waals surface area contributed by atoms with Gasteiger partial charge in [-0.15, -0.1) is 0 Å². The highest BCUT2D eigenvalue weighted by atomic mass is 16.6. The van der Waals surface area contributed by atoms with Gasteiger partial charge in [0.05, 0.1) is 6.42 Å². The molecule has 0 aliphatic rings. The zero-order valence-corrected chi connectivity index (χ0v) is 19.6. The van der Waals surface area contributed by atoms with Crippen LogP contribution < -0.4 is 9.47 Å². The van der Waals surface area contributed by atoms with Crippen LogP contribution in [0.1, 0.15) is 48.8 Å². The van der Waals surface area contributed by atoms with E-state index in [-0.39, 0.29) is 12.3 Å². The number of carbonyl (C=O) groups is 1. The van der Waals surface area contributed by atoms with E-state index >= 15 is 0 Å². The average molecular weight is 462 g/mol. The van der Waals surface area contributed by atoms with Crippen LogP contribution in [0.25, 0.3) is 0 Å². The number of hydrogen-bond donors (Lipinski definition) is 1. The van der Waals surface area contributed by atoms with Gasteiger partial charge in [0.25, 0.3) is 0 Å². The van der Waals surface area contributed by atoms with Gasteiger partial charge < -0.3 is 19.4 Å². The molecule has 0 saturated heterocycles. The van der Waals surface area contributed by atoms with E-state index in [0.717, 1.165) is 41.0 Å². The number of ether oxygens (including phenoxy) is 2. The highest BCUT2D eigenvalue weighted by Gasteiger charge is 2.14. The molecule has 0 aromatic heterocycles.